The molecule has 0 heterocycles. The topological polar surface area (TPSA) is 18.5 Å². The molecule has 0 aliphatic carbocycles. The fourth-order valence-electron chi connectivity index (χ4n) is 3.94. The Bertz CT molecular complexity index is 536. The summed E-state index contributed by atoms with van der Waals surface area (Å²) in [5.41, 5.74) is 4.85. The highest BCUT2D eigenvalue weighted by Gasteiger charge is 2.24. The van der Waals surface area contributed by atoms with Crippen LogP contribution in [0.3, 0.4) is 0 Å². The molecule has 0 aliphatic heterocycles. The third kappa shape index (κ3) is 10.6. The van der Waals surface area contributed by atoms with E-state index in [4.69, 9.17) is 9.47 Å². The SMILES string of the molecule is CCCCCCCCOc1c(CBr)c(CBr)c(OCCCCCCCC)c(CBr)c1CBr. The summed E-state index contributed by atoms with van der Waals surface area (Å²) in [6.45, 7) is 6.06. The Balaban J connectivity index is 2.92. The van der Waals surface area contributed by atoms with Crippen molar-refractivity contribution >= 4 is 63.7 Å². The second kappa shape index (κ2) is 20.0. The largest absolute Gasteiger partial charge is 0.493 e. The van der Waals surface area contributed by atoms with Crippen molar-refractivity contribution in [1.29, 1.82) is 0 Å². The third-order valence-electron chi connectivity index (χ3n) is 5.85. The summed E-state index contributed by atoms with van der Waals surface area (Å²) in [7, 11) is 0. The Morgan fingerprint density at radius 3 is 1.00 bits per heavy atom. The summed E-state index contributed by atoms with van der Waals surface area (Å²) in [6, 6.07) is 0. The van der Waals surface area contributed by atoms with Gasteiger partial charge in [-0.25, -0.2) is 0 Å². The Morgan fingerprint density at radius 1 is 0.438 bits per heavy atom. The fraction of sp³-hybridized carbons (Fsp3) is 0.769. The molecular weight excluding hydrogens is 664 g/mol. The van der Waals surface area contributed by atoms with Crippen molar-refractivity contribution in [1.82, 2.24) is 0 Å². The number of benzene rings is 1. The summed E-state index contributed by atoms with van der Waals surface area (Å²) >= 11 is 14.9. The van der Waals surface area contributed by atoms with E-state index in [9.17, 15) is 0 Å². The van der Waals surface area contributed by atoms with Gasteiger partial charge in [0, 0.05) is 43.6 Å². The molecule has 0 saturated carbocycles. The minimum Gasteiger partial charge on any atom is -0.493 e. The highest BCUT2D eigenvalue weighted by Crippen LogP contribution is 2.43. The smallest absolute Gasteiger partial charge is 0.128 e. The minimum absolute atomic E-state index is 0.760. The lowest BCUT2D eigenvalue weighted by atomic mass is 9.98. The lowest BCUT2D eigenvalue weighted by molar-refractivity contribution is 0.289. The molecular formula is C26H42Br4O2. The zero-order valence-electron chi connectivity index (χ0n) is 20.1. The van der Waals surface area contributed by atoms with Gasteiger partial charge < -0.3 is 9.47 Å². The molecule has 6 heteroatoms. The minimum atomic E-state index is 0.760. The van der Waals surface area contributed by atoms with Crippen molar-refractivity contribution in [3.8, 4) is 11.5 Å². The molecule has 0 aromatic heterocycles. The van der Waals surface area contributed by atoms with E-state index in [0.29, 0.717) is 0 Å². The van der Waals surface area contributed by atoms with Gasteiger partial charge in [-0.05, 0) is 12.8 Å². The van der Waals surface area contributed by atoms with Gasteiger partial charge in [-0.15, -0.1) is 0 Å². The first-order chi connectivity index (χ1) is 15.7. The third-order valence-corrected chi connectivity index (χ3v) is 8.09. The van der Waals surface area contributed by atoms with Crippen LogP contribution in [0.1, 0.15) is 113 Å². The lowest BCUT2D eigenvalue weighted by Gasteiger charge is -2.24. The molecule has 0 fully saturated rings. The van der Waals surface area contributed by atoms with Gasteiger partial charge >= 0.3 is 0 Å². The van der Waals surface area contributed by atoms with Crippen LogP contribution in [0, 0.1) is 0 Å². The standard InChI is InChI=1S/C26H42Br4O2/c1-3-5-7-9-11-13-15-31-25-21(17-27)23(19-29)26(24(20-30)22(25)18-28)32-16-14-12-10-8-6-4-2/h3-20H2,1-2H3. The highest BCUT2D eigenvalue weighted by molar-refractivity contribution is 9.09. The summed E-state index contributed by atoms with van der Waals surface area (Å²) in [5, 5.41) is 3.04. The molecule has 1 rings (SSSR count). The van der Waals surface area contributed by atoms with Crippen LogP contribution in [0.15, 0.2) is 0 Å². The quantitative estimate of drug-likeness (QED) is 0.0993. The zero-order valence-corrected chi connectivity index (χ0v) is 26.4. The molecule has 0 aliphatic rings. The first kappa shape index (κ1) is 30.8. The highest BCUT2D eigenvalue weighted by atomic mass is 79.9. The Labute approximate surface area is 230 Å². The average molecular weight is 706 g/mol. The van der Waals surface area contributed by atoms with Crippen LogP contribution in [0.4, 0.5) is 0 Å². The van der Waals surface area contributed by atoms with Gasteiger partial charge in [0.05, 0.1) is 13.2 Å². The van der Waals surface area contributed by atoms with Crippen LogP contribution < -0.4 is 9.47 Å². The van der Waals surface area contributed by atoms with E-state index >= 15 is 0 Å². The molecule has 0 saturated heterocycles. The van der Waals surface area contributed by atoms with Gasteiger partial charge in [0.15, 0.2) is 0 Å². The van der Waals surface area contributed by atoms with Crippen LogP contribution in [0.5, 0.6) is 11.5 Å². The predicted molar refractivity (Wildman–Crippen MR) is 155 cm³/mol. The summed E-state index contributed by atoms with van der Waals surface area (Å²) in [6.07, 6.45) is 15.2. The first-order valence-electron chi connectivity index (χ1n) is 12.4. The first-order valence-corrected chi connectivity index (χ1v) is 16.9. The Hall–Kier alpha value is 0.740. The van der Waals surface area contributed by atoms with Gasteiger partial charge in [0.25, 0.3) is 0 Å². The molecule has 0 spiro atoms. The van der Waals surface area contributed by atoms with Crippen LogP contribution in [0.25, 0.3) is 0 Å². The van der Waals surface area contributed by atoms with E-state index in [-0.39, 0.29) is 0 Å². The van der Waals surface area contributed by atoms with E-state index < -0.39 is 0 Å². The second-order valence-electron chi connectivity index (χ2n) is 8.34. The Morgan fingerprint density at radius 2 is 0.719 bits per heavy atom. The molecule has 2 nitrogen and oxygen atoms in total. The van der Waals surface area contributed by atoms with Crippen LogP contribution in [-0.2, 0) is 21.3 Å². The number of halogens is 4. The summed E-state index contributed by atoms with van der Waals surface area (Å²) in [5.74, 6) is 2.06. The maximum atomic E-state index is 6.42. The Kier molecular flexibility index (Phi) is 19.2. The van der Waals surface area contributed by atoms with E-state index in [1.54, 1.807) is 0 Å². The van der Waals surface area contributed by atoms with Crippen LogP contribution in [-0.4, -0.2) is 13.2 Å². The number of rotatable bonds is 20. The second-order valence-corrected chi connectivity index (χ2v) is 10.6. The van der Waals surface area contributed by atoms with E-state index in [1.807, 2.05) is 0 Å². The van der Waals surface area contributed by atoms with E-state index in [0.717, 1.165) is 58.9 Å². The maximum Gasteiger partial charge on any atom is 0.128 e. The zero-order chi connectivity index (χ0) is 23.6. The number of hydrogen-bond donors (Lipinski definition) is 0. The van der Waals surface area contributed by atoms with Gasteiger partial charge in [-0.3, -0.25) is 0 Å². The monoisotopic (exact) mass is 702 g/mol. The van der Waals surface area contributed by atoms with Crippen LogP contribution >= 0.6 is 63.7 Å². The lowest BCUT2D eigenvalue weighted by Crippen LogP contribution is -2.11. The fourth-order valence-corrected chi connectivity index (χ4v) is 6.31. The predicted octanol–water partition coefficient (Wildman–Crippen LogP) is 10.7. The number of hydrogen-bond acceptors (Lipinski definition) is 2. The van der Waals surface area contributed by atoms with Gasteiger partial charge in [-0.2, -0.15) is 0 Å². The number of ether oxygens (including phenoxy) is 2. The van der Waals surface area contributed by atoms with Crippen LogP contribution in [0.2, 0.25) is 0 Å². The van der Waals surface area contributed by atoms with Crippen molar-refractivity contribution in [3.63, 3.8) is 0 Å². The van der Waals surface area contributed by atoms with Gasteiger partial charge in [0.1, 0.15) is 11.5 Å². The molecule has 0 N–H and O–H groups in total. The molecule has 32 heavy (non-hydrogen) atoms. The van der Waals surface area contributed by atoms with E-state index in [2.05, 4.69) is 77.6 Å². The molecule has 0 atom stereocenters. The van der Waals surface area contributed by atoms with Crippen molar-refractivity contribution in [2.24, 2.45) is 0 Å². The maximum absolute atomic E-state index is 6.42. The molecule has 0 radical (unpaired) electrons. The van der Waals surface area contributed by atoms with Crippen molar-refractivity contribution in [2.75, 3.05) is 13.2 Å². The molecule has 0 bridgehead atoms. The molecule has 1 aromatic rings. The van der Waals surface area contributed by atoms with Gasteiger partial charge in [0.2, 0.25) is 0 Å². The summed E-state index contributed by atoms with van der Waals surface area (Å²) < 4.78 is 12.8. The van der Waals surface area contributed by atoms with Crippen molar-refractivity contribution in [2.45, 2.75) is 112 Å². The summed E-state index contributed by atoms with van der Waals surface area (Å²) in [4.78, 5) is 0. The molecule has 186 valence electrons. The average Bonchev–Trinajstić information content (AvgIpc) is 2.81. The molecule has 1 aromatic carbocycles. The van der Waals surface area contributed by atoms with Crippen molar-refractivity contribution in [3.05, 3.63) is 22.3 Å². The normalized spacial score (nSPS) is 11.2. The van der Waals surface area contributed by atoms with E-state index in [1.165, 1.54) is 86.5 Å². The van der Waals surface area contributed by atoms with Gasteiger partial charge in [-0.1, -0.05) is 142 Å². The molecule has 0 unspecified atom stereocenters. The number of alkyl halides is 4. The van der Waals surface area contributed by atoms with Crippen molar-refractivity contribution < 1.29 is 9.47 Å². The number of unbranched alkanes of at least 4 members (excludes halogenated alkanes) is 10. The molecule has 0 amide bonds.